The fourth-order valence-corrected chi connectivity index (χ4v) is 0.657. The van der Waals surface area contributed by atoms with Gasteiger partial charge in [-0.15, -0.1) is 0 Å². The highest BCUT2D eigenvalue weighted by atomic mass is 79.9. The Kier molecular flexibility index (Phi) is 4.77. The predicted octanol–water partition coefficient (Wildman–Crippen LogP) is 2.14. The van der Waals surface area contributed by atoms with E-state index in [1.165, 1.54) is 0 Å². The number of amides is 1. The molecule has 0 spiro atoms. The molecule has 0 aromatic carbocycles. The topological polar surface area (TPSA) is 29.1 Å². The van der Waals surface area contributed by atoms with E-state index in [1.54, 1.807) is 0 Å². The first-order valence-electron chi connectivity index (χ1n) is 3.06. The lowest BCUT2D eigenvalue weighted by Gasteiger charge is -2.02. The fraction of sp³-hybridized carbons (Fsp3) is 0.833. The summed E-state index contributed by atoms with van der Waals surface area (Å²) in [7, 11) is 0. The Morgan fingerprint density at radius 2 is 2.22 bits per heavy atom. The van der Waals surface area contributed by atoms with Gasteiger partial charge in [0, 0.05) is 22.5 Å². The van der Waals surface area contributed by atoms with Crippen molar-refractivity contribution in [3.05, 3.63) is 0 Å². The number of nitrogens with one attached hydrogen (secondary N) is 1. The summed E-state index contributed by atoms with van der Waals surface area (Å²) in [4.78, 5) is 10.1. The summed E-state index contributed by atoms with van der Waals surface area (Å²) in [5, 5.41) is 2.65. The van der Waals surface area contributed by atoms with Crippen LogP contribution < -0.4 is 5.32 Å². The summed E-state index contributed by atoms with van der Waals surface area (Å²) in [6.45, 7) is 5.02. The van der Waals surface area contributed by atoms with Crippen LogP contribution in [0.25, 0.3) is 0 Å². The van der Waals surface area contributed by atoms with Crippen molar-refractivity contribution in [1.29, 1.82) is 0 Å². The Morgan fingerprint density at radius 1 is 1.67 bits per heavy atom. The molecule has 0 aromatic heterocycles. The zero-order valence-electron chi connectivity index (χ0n) is 5.78. The number of carbonyl (C=O) groups is 1. The number of hydrogen-bond acceptors (Lipinski definition) is 1. The van der Waals surface area contributed by atoms with Crippen LogP contribution in [0.15, 0.2) is 0 Å². The highest BCUT2D eigenvalue weighted by Crippen LogP contribution is 1.96. The molecule has 54 valence electrons. The molecule has 0 bridgehead atoms. The standard InChI is InChI=1S/C6H12BrNO/c1-5(2)3-4-8-6(7)9/h5H,3-4H2,1-2H3,(H,8,9). The van der Waals surface area contributed by atoms with Crippen LogP contribution in [0.1, 0.15) is 20.3 Å². The van der Waals surface area contributed by atoms with Gasteiger partial charge in [-0.1, -0.05) is 13.8 Å². The Balaban J connectivity index is 3.01. The second-order valence-corrected chi connectivity index (χ2v) is 3.10. The van der Waals surface area contributed by atoms with Gasteiger partial charge in [0.1, 0.15) is 0 Å². The molecule has 2 nitrogen and oxygen atoms in total. The fourth-order valence-electron chi connectivity index (χ4n) is 0.459. The number of rotatable bonds is 3. The summed E-state index contributed by atoms with van der Waals surface area (Å²) in [6.07, 6.45) is 1.04. The van der Waals surface area contributed by atoms with Crippen LogP contribution in [0.5, 0.6) is 0 Å². The molecule has 3 heteroatoms. The molecule has 1 amide bonds. The highest BCUT2D eigenvalue weighted by molar-refractivity contribution is 9.18. The van der Waals surface area contributed by atoms with Gasteiger partial charge in [0.25, 0.3) is 4.82 Å². The maximum atomic E-state index is 10.2. The van der Waals surface area contributed by atoms with Crippen molar-refractivity contribution in [2.75, 3.05) is 6.54 Å². The van der Waals surface area contributed by atoms with Crippen LogP contribution >= 0.6 is 15.9 Å². The van der Waals surface area contributed by atoms with Crippen molar-refractivity contribution in [3.63, 3.8) is 0 Å². The average molecular weight is 194 g/mol. The van der Waals surface area contributed by atoms with Gasteiger partial charge in [0.2, 0.25) is 0 Å². The van der Waals surface area contributed by atoms with Gasteiger partial charge in [-0.3, -0.25) is 4.79 Å². The van der Waals surface area contributed by atoms with Gasteiger partial charge in [0.05, 0.1) is 0 Å². The van der Waals surface area contributed by atoms with E-state index < -0.39 is 0 Å². The Hall–Kier alpha value is -0.0500. The summed E-state index contributed by atoms with van der Waals surface area (Å²) >= 11 is 2.77. The molecule has 0 saturated carbocycles. The third-order valence-electron chi connectivity index (χ3n) is 0.986. The van der Waals surface area contributed by atoms with Gasteiger partial charge in [-0.05, 0) is 12.3 Å². The third-order valence-corrected chi connectivity index (χ3v) is 1.27. The molecule has 0 heterocycles. The zero-order valence-corrected chi connectivity index (χ0v) is 7.36. The zero-order chi connectivity index (χ0) is 7.28. The van der Waals surface area contributed by atoms with E-state index in [9.17, 15) is 4.79 Å². The van der Waals surface area contributed by atoms with E-state index >= 15 is 0 Å². The van der Waals surface area contributed by atoms with E-state index in [4.69, 9.17) is 0 Å². The molecule has 0 atom stereocenters. The molecule has 0 rings (SSSR count). The van der Waals surface area contributed by atoms with Crippen molar-refractivity contribution >= 4 is 20.7 Å². The number of hydrogen-bond donors (Lipinski definition) is 1. The number of carbonyl (C=O) groups excluding carboxylic acids is 1. The SMILES string of the molecule is CC(C)CCNC(=O)Br. The second kappa shape index (κ2) is 4.79. The molecule has 0 aliphatic rings. The lowest BCUT2D eigenvalue weighted by atomic mass is 10.1. The molecular weight excluding hydrogens is 182 g/mol. The predicted molar refractivity (Wildman–Crippen MR) is 41.8 cm³/mol. The minimum absolute atomic E-state index is 0.122. The van der Waals surface area contributed by atoms with E-state index in [2.05, 4.69) is 35.1 Å². The molecule has 0 saturated heterocycles. The summed E-state index contributed by atoms with van der Waals surface area (Å²) in [5.41, 5.74) is 0. The molecule has 9 heavy (non-hydrogen) atoms. The number of halogens is 1. The summed E-state index contributed by atoms with van der Waals surface area (Å²) < 4.78 is 0. The monoisotopic (exact) mass is 193 g/mol. The normalized spacial score (nSPS) is 9.78. The van der Waals surface area contributed by atoms with Crippen LogP contribution in [0.2, 0.25) is 0 Å². The maximum Gasteiger partial charge on any atom is 0.287 e. The lowest BCUT2D eigenvalue weighted by Crippen LogP contribution is -2.18. The van der Waals surface area contributed by atoms with E-state index in [0.717, 1.165) is 13.0 Å². The lowest BCUT2D eigenvalue weighted by molar-refractivity contribution is 0.261. The highest BCUT2D eigenvalue weighted by Gasteiger charge is 1.94. The molecule has 0 aliphatic carbocycles. The van der Waals surface area contributed by atoms with Gasteiger partial charge in [-0.2, -0.15) is 0 Å². The van der Waals surface area contributed by atoms with Crippen LogP contribution in [0.4, 0.5) is 4.79 Å². The van der Waals surface area contributed by atoms with Gasteiger partial charge < -0.3 is 5.32 Å². The van der Waals surface area contributed by atoms with E-state index in [1.807, 2.05) is 0 Å². The molecule has 0 fully saturated rings. The van der Waals surface area contributed by atoms with Crippen molar-refractivity contribution < 1.29 is 4.79 Å². The van der Waals surface area contributed by atoms with Crippen molar-refractivity contribution in [2.24, 2.45) is 5.92 Å². The average Bonchev–Trinajstić information content (AvgIpc) is 1.63. The van der Waals surface area contributed by atoms with Crippen LogP contribution in [0, 0.1) is 5.92 Å². The van der Waals surface area contributed by atoms with Gasteiger partial charge in [0.15, 0.2) is 0 Å². The quantitative estimate of drug-likeness (QED) is 0.541. The Morgan fingerprint density at radius 3 is 2.56 bits per heavy atom. The first-order chi connectivity index (χ1) is 4.13. The smallest absolute Gasteiger partial charge is 0.287 e. The van der Waals surface area contributed by atoms with Crippen LogP contribution in [-0.4, -0.2) is 11.4 Å². The van der Waals surface area contributed by atoms with Gasteiger partial charge >= 0.3 is 0 Å². The van der Waals surface area contributed by atoms with Crippen molar-refractivity contribution in [2.45, 2.75) is 20.3 Å². The first-order valence-corrected chi connectivity index (χ1v) is 3.85. The maximum absolute atomic E-state index is 10.2. The second-order valence-electron chi connectivity index (χ2n) is 2.38. The first kappa shape index (κ1) is 8.95. The van der Waals surface area contributed by atoms with Crippen LogP contribution in [-0.2, 0) is 0 Å². The molecule has 0 aliphatic heterocycles. The molecular formula is C6H12BrNO. The minimum Gasteiger partial charge on any atom is -0.347 e. The van der Waals surface area contributed by atoms with Crippen LogP contribution in [0.3, 0.4) is 0 Å². The molecule has 0 unspecified atom stereocenters. The molecule has 0 aromatic rings. The molecule has 0 radical (unpaired) electrons. The Labute approximate surface area is 64.1 Å². The largest absolute Gasteiger partial charge is 0.347 e. The summed E-state index contributed by atoms with van der Waals surface area (Å²) in [5.74, 6) is 0.657. The van der Waals surface area contributed by atoms with Crippen molar-refractivity contribution in [3.8, 4) is 0 Å². The minimum atomic E-state index is -0.122. The molecule has 1 N–H and O–H groups in total. The van der Waals surface area contributed by atoms with E-state index in [0.29, 0.717) is 5.92 Å². The van der Waals surface area contributed by atoms with Crippen molar-refractivity contribution in [1.82, 2.24) is 5.32 Å². The van der Waals surface area contributed by atoms with E-state index in [-0.39, 0.29) is 4.82 Å². The Bertz CT molecular complexity index is 93.1. The summed E-state index contributed by atoms with van der Waals surface area (Å²) in [6, 6.07) is 0. The third kappa shape index (κ3) is 7.95. The van der Waals surface area contributed by atoms with Gasteiger partial charge in [-0.25, -0.2) is 0 Å².